The molecule has 0 N–H and O–H groups in total. The fourth-order valence-corrected chi connectivity index (χ4v) is 2.89. The molecule has 1 aliphatic heterocycles. The molecular weight excluding hydrogens is 274 g/mol. The molecule has 2 aromatic heterocycles. The van der Waals surface area contributed by atoms with Gasteiger partial charge in [-0.25, -0.2) is 9.97 Å². The first-order chi connectivity index (χ1) is 10.9. The Morgan fingerprint density at radius 1 is 0.773 bits per heavy atom. The molecule has 0 aliphatic carbocycles. The van der Waals surface area contributed by atoms with E-state index >= 15 is 0 Å². The van der Waals surface area contributed by atoms with Crippen LogP contribution < -0.4 is 9.80 Å². The molecule has 22 heavy (non-hydrogen) atoms. The fraction of sp³-hybridized carbons (Fsp3) is 0.235. The second kappa shape index (κ2) is 5.60. The fourth-order valence-electron chi connectivity index (χ4n) is 2.89. The van der Waals surface area contributed by atoms with E-state index in [2.05, 4.69) is 43.0 Å². The molecular formula is C17H17N5. The quantitative estimate of drug-likeness (QED) is 0.725. The van der Waals surface area contributed by atoms with Crippen LogP contribution in [0.3, 0.4) is 0 Å². The zero-order chi connectivity index (χ0) is 14.8. The highest BCUT2D eigenvalue weighted by atomic mass is 15.3. The van der Waals surface area contributed by atoms with Gasteiger partial charge < -0.3 is 9.80 Å². The minimum Gasteiger partial charge on any atom is -0.368 e. The summed E-state index contributed by atoms with van der Waals surface area (Å²) in [6, 6.07) is 10.5. The summed E-state index contributed by atoms with van der Waals surface area (Å²) in [5, 5.41) is 2.42. The van der Waals surface area contributed by atoms with E-state index in [1.54, 1.807) is 12.4 Å². The van der Waals surface area contributed by atoms with Crippen LogP contribution in [-0.4, -0.2) is 41.1 Å². The van der Waals surface area contributed by atoms with Crippen LogP contribution in [0.15, 0.2) is 55.1 Å². The predicted octanol–water partition coefficient (Wildman–Crippen LogP) is 2.35. The summed E-state index contributed by atoms with van der Waals surface area (Å²) in [6.07, 6.45) is 7.35. The smallest absolute Gasteiger partial charge is 0.225 e. The Kier molecular flexibility index (Phi) is 3.31. The van der Waals surface area contributed by atoms with E-state index in [0.29, 0.717) is 0 Å². The number of benzene rings is 1. The molecule has 5 heteroatoms. The lowest BCUT2D eigenvalue weighted by molar-refractivity contribution is 0.640. The van der Waals surface area contributed by atoms with Crippen molar-refractivity contribution in [3.63, 3.8) is 0 Å². The zero-order valence-corrected chi connectivity index (χ0v) is 12.3. The normalized spacial score (nSPS) is 15.3. The third kappa shape index (κ3) is 2.45. The summed E-state index contributed by atoms with van der Waals surface area (Å²) in [5.41, 5.74) is 1.26. The molecule has 1 fully saturated rings. The van der Waals surface area contributed by atoms with Gasteiger partial charge in [0.2, 0.25) is 5.95 Å². The summed E-state index contributed by atoms with van der Waals surface area (Å²) >= 11 is 0. The van der Waals surface area contributed by atoms with E-state index in [1.165, 1.54) is 16.5 Å². The summed E-state index contributed by atoms with van der Waals surface area (Å²) in [4.78, 5) is 17.5. The van der Waals surface area contributed by atoms with Gasteiger partial charge in [-0.1, -0.05) is 6.07 Å². The van der Waals surface area contributed by atoms with Crippen molar-refractivity contribution in [2.24, 2.45) is 0 Å². The molecule has 3 heterocycles. The Hall–Kier alpha value is -2.69. The average molecular weight is 291 g/mol. The van der Waals surface area contributed by atoms with E-state index in [1.807, 2.05) is 24.5 Å². The molecule has 110 valence electrons. The Morgan fingerprint density at radius 3 is 2.36 bits per heavy atom. The molecule has 0 bridgehead atoms. The van der Waals surface area contributed by atoms with Crippen molar-refractivity contribution < 1.29 is 0 Å². The van der Waals surface area contributed by atoms with Crippen molar-refractivity contribution in [2.75, 3.05) is 36.0 Å². The molecule has 1 aliphatic rings. The molecule has 0 unspecified atom stereocenters. The molecule has 1 aromatic carbocycles. The van der Waals surface area contributed by atoms with Gasteiger partial charge in [0.05, 0.1) is 0 Å². The maximum atomic E-state index is 4.33. The number of nitrogens with zero attached hydrogens (tertiary/aromatic N) is 5. The van der Waals surface area contributed by atoms with Gasteiger partial charge in [0.15, 0.2) is 0 Å². The van der Waals surface area contributed by atoms with E-state index in [9.17, 15) is 0 Å². The van der Waals surface area contributed by atoms with Gasteiger partial charge in [-0.05, 0) is 29.7 Å². The Morgan fingerprint density at radius 2 is 1.55 bits per heavy atom. The number of piperazine rings is 1. The van der Waals surface area contributed by atoms with Crippen LogP contribution >= 0.6 is 0 Å². The summed E-state index contributed by atoms with van der Waals surface area (Å²) in [5.74, 6) is 0.824. The van der Waals surface area contributed by atoms with E-state index < -0.39 is 0 Å². The topological polar surface area (TPSA) is 45.2 Å². The Balaban J connectivity index is 1.50. The van der Waals surface area contributed by atoms with Crippen molar-refractivity contribution >= 4 is 22.4 Å². The predicted molar refractivity (Wildman–Crippen MR) is 88.2 cm³/mol. The van der Waals surface area contributed by atoms with Gasteiger partial charge in [-0.3, -0.25) is 4.98 Å². The lowest BCUT2D eigenvalue weighted by atomic mass is 10.1. The maximum Gasteiger partial charge on any atom is 0.225 e. The number of hydrogen-bond acceptors (Lipinski definition) is 5. The zero-order valence-electron chi connectivity index (χ0n) is 12.3. The lowest BCUT2D eigenvalue weighted by Gasteiger charge is -2.36. The third-order valence-electron chi connectivity index (χ3n) is 4.10. The molecule has 0 atom stereocenters. The SMILES string of the molecule is c1cnc(N2CCN(c3ccc4ccncc4c3)CC2)nc1. The standard InChI is InChI=1S/C17H17N5/c1-5-19-17(20-6-1)22-10-8-21(9-11-22)16-3-2-14-4-7-18-13-15(14)12-16/h1-7,12-13H,8-11H2. The first-order valence-corrected chi connectivity index (χ1v) is 7.51. The molecule has 0 amide bonds. The first-order valence-electron chi connectivity index (χ1n) is 7.51. The highest BCUT2D eigenvalue weighted by Gasteiger charge is 2.19. The van der Waals surface area contributed by atoms with Crippen LogP contribution in [0.4, 0.5) is 11.6 Å². The van der Waals surface area contributed by atoms with Crippen LogP contribution in [0.2, 0.25) is 0 Å². The molecule has 5 nitrogen and oxygen atoms in total. The van der Waals surface area contributed by atoms with E-state index in [-0.39, 0.29) is 0 Å². The third-order valence-corrected chi connectivity index (χ3v) is 4.10. The minimum atomic E-state index is 0.824. The van der Waals surface area contributed by atoms with Crippen LogP contribution in [0.25, 0.3) is 10.8 Å². The number of pyridine rings is 1. The Bertz CT molecular complexity index is 766. The lowest BCUT2D eigenvalue weighted by Crippen LogP contribution is -2.47. The van der Waals surface area contributed by atoms with E-state index in [0.717, 1.165) is 32.1 Å². The number of rotatable bonds is 2. The van der Waals surface area contributed by atoms with Crippen LogP contribution in [0.1, 0.15) is 0 Å². The van der Waals surface area contributed by atoms with Crippen molar-refractivity contribution in [3.05, 3.63) is 55.1 Å². The minimum absolute atomic E-state index is 0.824. The van der Waals surface area contributed by atoms with Crippen LogP contribution in [0.5, 0.6) is 0 Å². The Labute approximate surface area is 129 Å². The van der Waals surface area contributed by atoms with Gasteiger partial charge in [-0.15, -0.1) is 0 Å². The number of aromatic nitrogens is 3. The van der Waals surface area contributed by atoms with Crippen LogP contribution in [-0.2, 0) is 0 Å². The van der Waals surface area contributed by atoms with E-state index in [4.69, 9.17) is 0 Å². The number of anilines is 2. The van der Waals surface area contributed by atoms with Gasteiger partial charge in [-0.2, -0.15) is 0 Å². The first kappa shape index (κ1) is 13.0. The van der Waals surface area contributed by atoms with Crippen molar-refractivity contribution in [2.45, 2.75) is 0 Å². The van der Waals surface area contributed by atoms with Crippen LogP contribution in [0, 0.1) is 0 Å². The molecule has 0 radical (unpaired) electrons. The van der Waals surface area contributed by atoms with Gasteiger partial charge in [0.25, 0.3) is 0 Å². The highest BCUT2D eigenvalue weighted by Crippen LogP contribution is 2.23. The summed E-state index contributed by atoms with van der Waals surface area (Å²) in [7, 11) is 0. The van der Waals surface area contributed by atoms with Crippen molar-refractivity contribution in [3.8, 4) is 0 Å². The molecule has 0 saturated carbocycles. The second-order valence-corrected chi connectivity index (χ2v) is 5.43. The monoisotopic (exact) mass is 291 g/mol. The highest BCUT2D eigenvalue weighted by molar-refractivity contribution is 5.85. The largest absolute Gasteiger partial charge is 0.368 e. The maximum absolute atomic E-state index is 4.33. The molecule has 3 aromatic rings. The summed E-state index contributed by atoms with van der Waals surface area (Å²) < 4.78 is 0. The van der Waals surface area contributed by atoms with Crippen molar-refractivity contribution in [1.82, 2.24) is 15.0 Å². The van der Waals surface area contributed by atoms with Gasteiger partial charge >= 0.3 is 0 Å². The average Bonchev–Trinajstić information content (AvgIpc) is 2.62. The molecule has 1 saturated heterocycles. The van der Waals surface area contributed by atoms with Crippen molar-refractivity contribution in [1.29, 1.82) is 0 Å². The number of fused-ring (bicyclic) bond motifs is 1. The van der Waals surface area contributed by atoms with Gasteiger partial charge in [0.1, 0.15) is 0 Å². The molecule has 4 rings (SSSR count). The second-order valence-electron chi connectivity index (χ2n) is 5.43. The number of hydrogen-bond donors (Lipinski definition) is 0. The summed E-state index contributed by atoms with van der Waals surface area (Å²) in [6.45, 7) is 3.83. The van der Waals surface area contributed by atoms with Gasteiger partial charge in [0, 0.05) is 62.0 Å². The molecule has 0 spiro atoms.